The molecule has 134 valence electrons. The topological polar surface area (TPSA) is 9.23 Å². The Morgan fingerprint density at radius 1 is 0.920 bits per heavy atom. The van der Waals surface area contributed by atoms with Gasteiger partial charge in [0.1, 0.15) is 5.75 Å². The van der Waals surface area contributed by atoms with Gasteiger partial charge in [0.05, 0.1) is 11.9 Å². The number of ether oxygens (including phenoxy) is 1. The first-order valence-electron chi connectivity index (χ1n) is 9.20. The molecule has 3 rings (SSSR count). The molecule has 1 aliphatic carbocycles. The summed E-state index contributed by atoms with van der Waals surface area (Å²) < 4.78 is 5.06. The van der Waals surface area contributed by atoms with E-state index in [-0.39, 0.29) is 10.2 Å². The molecule has 1 nitrogen and oxygen atoms in total. The molecule has 0 heterocycles. The van der Waals surface area contributed by atoms with Crippen molar-refractivity contribution < 1.29 is 4.74 Å². The minimum absolute atomic E-state index is 0.0193. The molecule has 0 saturated carbocycles. The van der Waals surface area contributed by atoms with Gasteiger partial charge >= 0.3 is 0 Å². The van der Waals surface area contributed by atoms with Crippen LogP contribution in [-0.2, 0) is 10.2 Å². The van der Waals surface area contributed by atoms with Crippen LogP contribution in [0.2, 0.25) is 0 Å². The Morgan fingerprint density at radius 2 is 1.52 bits per heavy atom. The summed E-state index contributed by atoms with van der Waals surface area (Å²) in [6.07, 6.45) is 0. The highest BCUT2D eigenvalue weighted by Gasteiger charge is 2.57. The maximum atomic E-state index is 5.33. The summed E-state index contributed by atoms with van der Waals surface area (Å²) in [6, 6.07) is 13.2. The fourth-order valence-electron chi connectivity index (χ4n) is 4.16. The number of rotatable bonds is 4. The van der Waals surface area contributed by atoms with Crippen molar-refractivity contribution in [2.24, 2.45) is 0 Å². The summed E-state index contributed by atoms with van der Waals surface area (Å²) in [4.78, 5) is 0. The predicted octanol–water partition coefficient (Wildman–Crippen LogP) is 6.41. The summed E-state index contributed by atoms with van der Waals surface area (Å²) in [7, 11) is 1.71. The third-order valence-corrected chi connectivity index (χ3v) is 6.97. The summed E-state index contributed by atoms with van der Waals surface area (Å²) in [6.45, 7) is 13.8. The molecule has 1 aliphatic rings. The zero-order chi connectivity index (χ0) is 18.6. The molecular formula is C23H30OS. The van der Waals surface area contributed by atoms with Gasteiger partial charge in [-0.1, -0.05) is 65.8 Å². The predicted molar refractivity (Wildman–Crippen MR) is 110 cm³/mol. The normalized spacial score (nSPS) is 21.2. The molecule has 0 bridgehead atoms. The average Bonchev–Trinajstić information content (AvgIpc) is 2.59. The van der Waals surface area contributed by atoms with Crippen LogP contribution in [0, 0.1) is 0 Å². The molecule has 2 aromatic rings. The lowest BCUT2D eigenvalue weighted by Crippen LogP contribution is -2.53. The van der Waals surface area contributed by atoms with Crippen LogP contribution in [0.4, 0.5) is 0 Å². The molecule has 0 aliphatic heterocycles. The zero-order valence-electron chi connectivity index (χ0n) is 16.5. The first-order valence-corrected chi connectivity index (χ1v) is 9.65. The maximum Gasteiger partial charge on any atom is 0.118 e. The molecule has 0 N–H and O–H groups in total. The highest BCUT2D eigenvalue weighted by molar-refractivity contribution is 7.81. The Labute approximate surface area is 158 Å². The number of fused-ring (bicyclic) bond motifs is 1. The highest BCUT2D eigenvalue weighted by atomic mass is 32.1. The molecule has 0 fully saturated rings. The van der Waals surface area contributed by atoms with Crippen LogP contribution in [0.25, 0.3) is 0 Å². The van der Waals surface area contributed by atoms with Gasteiger partial charge in [0.25, 0.3) is 0 Å². The van der Waals surface area contributed by atoms with Crippen LogP contribution in [-0.4, -0.2) is 7.11 Å². The average molecular weight is 355 g/mol. The van der Waals surface area contributed by atoms with Crippen LogP contribution >= 0.6 is 12.6 Å². The van der Waals surface area contributed by atoms with Crippen molar-refractivity contribution in [2.75, 3.05) is 7.11 Å². The van der Waals surface area contributed by atoms with Crippen molar-refractivity contribution in [3.63, 3.8) is 0 Å². The third kappa shape index (κ3) is 2.52. The number of thiol groups is 1. The second kappa shape index (κ2) is 6.09. The number of methoxy groups -OCH3 is 1. The molecule has 1 atom stereocenters. The van der Waals surface area contributed by atoms with E-state index in [1.54, 1.807) is 7.11 Å². The molecule has 2 heteroatoms. The van der Waals surface area contributed by atoms with Gasteiger partial charge in [-0.15, -0.1) is 0 Å². The first kappa shape index (κ1) is 18.4. The van der Waals surface area contributed by atoms with Crippen LogP contribution in [0.3, 0.4) is 0 Å². The monoisotopic (exact) mass is 354 g/mol. The van der Waals surface area contributed by atoms with Crippen molar-refractivity contribution in [3.05, 3.63) is 64.2 Å². The van der Waals surface area contributed by atoms with Crippen molar-refractivity contribution in [3.8, 4) is 5.75 Å². The smallest absolute Gasteiger partial charge is 0.118 e. The Hall–Kier alpha value is -1.41. The molecular weight excluding hydrogens is 324 g/mol. The van der Waals surface area contributed by atoms with Crippen LogP contribution in [0.5, 0.6) is 5.75 Å². The van der Waals surface area contributed by atoms with Gasteiger partial charge in [0.2, 0.25) is 0 Å². The lowest BCUT2D eigenvalue weighted by Gasteiger charge is -2.57. The van der Waals surface area contributed by atoms with Crippen LogP contribution < -0.4 is 4.74 Å². The van der Waals surface area contributed by atoms with Crippen molar-refractivity contribution in [1.82, 2.24) is 0 Å². The van der Waals surface area contributed by atoms with Gasteiger partial charge in [-0.3, -0.25) is 0 Å². The van der Waals surface area contributed by atoms with Gasteiger partial charge in [0.15, 0.2) is 0 Å². The van der Waals surface area contributed by atoms with E-state index in [0.29, 0.717) is 11.8 Å². The van der Waals surface area contributed by atoms with E-state index >= 15 is 0 Å². The van der Waals surface area contributed by atoms with E-state index in [9.17, 15) is 0 Å². The molecule has 0 spiro atoms. The molecule has 0 aromatic heterocycles. The summed E-state index contributed by atoms with van der Waals surface area (Å²) >= 11 is 5.30. The standard InChI is InChI=1S/C23H30OS/c1-14(2)16-12-19(15(3)4)21-20(13-16)22(5,6)23(21,25)17-8-10-18(24-7)11-9-17/h8-15,25H,1-7H3. The lowest BCUT2D eigenvalue weighted by molar-refractivity contribution is 0.351. The SMILES string of the molecule is COc1ccc(C2(S)c3c(C(C)C)cc(C(C)C)cc3C2(C)C)cc1. The Balaban J connectivity index is 2.24. The van der Waals surface area contributed by atoms with Crippen molar-refractivity contribution in [1.29, 1.82) is 0 Å². The first-order chi connectivity index (χ1) is 11.6. The van der Waals surface area contributed by atoms with E-state index in [1.807, 2.05) is 12.1 Å². The zero-order valence-corrected chi connectivity index (χ0v) is 17.4. The number of hydrogen-bond acceptors (Lipinski definition) is 2. The van der Waals surface area contributed by atoms with Crippen LogP contribution in [0.1, 0.15) is 81.2 Å². The minimum Gasteiger partial charge on any atom is -0.497 e. The number of benzene rings is 2. The van der Waals surface area contributed by atoms with Gasteiger partial charge < -0.3 is 4.74 Å². The summed E-state index contributed by atoms with van der Waals surface area (Å²) in [5.74, 6) is 1.90. The Morgan fingerprint density at radius 3 is 2.00 bits per heavy atom. The minimum atomic E-state index is -0.274. The summed E-state index contributed by atoms with van der Waals surface area (Å²) in [5.41, 5.74) is 6.95. The molecule has 25 heavy (non-hydrogen) atoms. The van der Waals surface area contributed by atoms with E-state index in [2.05, 4.69) is 65.8 Å². The second-order valence-electron chi connectivity index (χ2n) is 8.41. The molecule has 0 saturated heterocycles. The van der Waals surface area contributed by atoms with Crippen LogP contribution in [0.15, 0.2) is 36.4 Å². The fourth-order valence-corrected chi connectivity index (χ4v) is 4.67. The fraction of sp³-hybridized carbons (Fsp3) is 0.478. The van der Waals surface area contributed by atoms with Gasteiger partial charge in [-0.2, -0.15) is 12.6 Å². The second-order valence-corrected chi connectivity index (χ2v) is 9.08. The number of hydrogen-bond donors (Lipinski definition) is 1. The van der Waals surface area contributed by atoms with E-state index in [1.165, 1.54) is 27.8 Å². The summed E-state index contributed by atoms with van der Waals surface area (Å²) in [5, 5.41) is 0. The van der Waals surface area contributed by atoms with E-state index in [0.717, 1.165) is 5.75 Å². The van der Waals surface area contributed by atoms with E-state index < -0.39 is 0 Å². The third-order valence-electron chi connectivity index (χ3n) is 5.93. The molecule has 1 unspecified atom stereocenters. The highest BCUT2D eigenvalue weighted by Crippen LogP contribution is 2.64. The largest absolute Gasteiger partial charge is 0.497 e. The molecule has 0 amide bonds. The quantitative estimate of drug-likeness (QED) is 0.624. The van der Waals surface area contributed by atoms with Crippen molar-refractivity contribution >= 4 is 12.6 Å². The molecule has 2 aromatic carbocycles. The Bertz CT molecular complexity index is 769. The lowest BCUT2D eigenvalue weighted by atomic mass is 9.53. The Kier molecular flexibility index (Phi) is 4.48. The molecule has 0 radical (unpaired) electrons. The van der Waals surface area contributed by atoms with Gasteiger partial charge in [0, 0.05) is 5.41 Å². The maximum absolute atomic E-state index is 5.33. The van der Waals surface area contributed by atoms with Crippen molar-refractivity contribution in [2.45, 2.75) is 63.5 Å². The van der Waals surface area contributed by atoms with Gasteiger partial charge in [-0.25, -0.2) is 0 Å². The van der Waals surface area contributed by atoms with Gasteiger partial charge in [-0.05, 0) is 51.8 Å². The van der Waals surface area contributed by atoms with E-state index in [4.69, 9.17) is 17.4 Å².